The summed E-state index contributed by atoms with van der Waals surface area (Å²) in [5.74, 6) is 2.21. The monoisotopic (exact) mass is 290 g/mol. The minimum atomic E-state index is 0.746. The molecule has 110 valence electrons. The van der Waals surface area contributed by atoms with E-state index in [1.165, 1.54) is 62.5 Å². The van der Waals surface area contributed by atoms with E-state index in [1.807, 2.05) is 11.8 Å². The molecule has 0 radical (unpaired) electrons. The largest absolute Gasteiger partial charge is 0.313 e. The molecule has 3 rings (SSSR count). The predicted octanol–water partition coefficient (Wildman–Crippen LogP) is 3.24. The molecule has 1 atom stereocenters. The molecule has 1 N–H and O–H groups in total. The summed E-state index contributed by atoms with van der Waals surface area (Å²) < 4.78 is 0. The molecule has 1 aliphatic heterocycles. The lowest BCUT2D eigenvalue weighted by Gasteiger charge is -2.25. The first-order valence-electron chi connectivity index (χ1n) is 8.04. The molecular weight excluding hydrogens is 264 g/mol. The Morgan fingerprint density at radius 1 is 1.10 bits per heavy atom. The summed E-state index contributed by atoms with van der Waals surface area (Å²) in [7, 11) is 0. The number of rotatable bonds is 8. The average Bonchev–Trinajstić information content (AvgIpc) is 3.13. The first-order chi connectivity index (χ1) is 9.90. The third kappa shape index (κ3) is 4.80. The molecule has 20 heavy (non-hydrogen) atoms. The van der Waals surface area contributed by atoms with Crippen molar-refractivity contribution in [2.45, 2.75) is 36.6 Å². The molecule has 1 aromatic carbocycles. The first kappa shape index (κ1) is 14.4. The van der Waals surface area contributed by atoms with E-state index in [1.54, 1.807) is 0 Å². The van der Waals surface area contributed by atoms with E-state index in [4.69, 9.17) is 0 Å². The Labute approximate surface area is 127 Å². The quantitative estimate of drug-likeness (QED) is 0.740. The second-order valence-corrected chi connectivity index (χ2v) is 7.33. The van der Waals surface area contributed by atoms with Crippen LogP contribution in [0.5, 0.6) is 0 Å². The molecule has 1 aliphatic carbocycles. The van der Waals surface area contributed by atoms with Gasteiger partial charge < -0.3 is 10.2 Å². The highest BCUT2D eigenvalue weighted by atomic mass is 32.2. The Bertz CT molecular complexity index is 385. The van der Waals surface area contributed by atoms with E-state index in [9.17, 15) is 0 Å². The van der Waals surface area contributed by atoms with Crippen LogP contribution in [-0.2, 0) is 0 Å². The van der Waals surface area contributed by atoms with Crippen molar-refractivity contribution in [3.63, 3.8) is 0 Å². The SMILES string of the molecule is c1ccc(SCCN(CC2CC2)CC2CCCN2)cc1. The maximum Gasteiger partial charge on any atom is 0.0195 e. The van der Waals surface area contributed by atoms with Crippen LogP contribution < -0.4 is 5.32 Å². The highest BCUT2D eigenvalue weighted by molar-refractivity contribution is 7.99. The molecule has 2 nitrogen and oxygen atoms in total. The van der Waals surface area contributed by atoms with Crippen molar-refractivity contribution in [3.05, 3.63) is 30.3 Å². The number of thioether (sulfide) groups is 1. The van der Waals surface area contributed by atoms with Gasteiger partial charge in [-0.25, -0.2) is 0 Å². The van der Waals surface area contributed by atoms with Crippen LogP contribution >= 0.6 is 11.8 Å². The molecule has 1 saturated carbocycles. The van der Waals surface area contributed by atoms with Gasteiger partial charge in [-0.15, -0.1) is 11.8 Å². The molecule has 0 aromatic heterocycles. The Balaban J connectivity index is 1.42. The summed E-state index contributed by atoms with van der Waals surface area (Å²) in [4.78, 5) is 4.11. The molecule has 1 unspecified atom stereocenters. The molecule has 1 aromatic rings. The summed E-state index contributed by atoms with van der Waals surface area (Å²) >= 11 is 1.99. The molecule has 0 bridgehead atoms. The third-order valence-corrected chi connectivity index (χ3v) is 5.27. The number of nitrogens with one attached hydrogen (secondary N) is 1. The third-order valence-electron chi connectivity index (χ3n) is 4.27. The molecule has 0 amide bonds. The van der Waals surface area contributed by atoms with E-state index in [0.29, 0.717) is 0 Å². The number of nitrogens with zero attached hydrogens (tertiary/aromatic N) is 1. The van der Waals surface area contributed by atoms with Gasteiger partial charge in [-0.3, -0.25) is 0 Å². The van der Waals surface area contributed by atoms with Gasteiger partial charge in [0.15, 0.2) is 0 Å². The van der Waals surface area contributed by atoms with Crippen molar-refractivity contribution < 1.29 is 0 Å². The van der Waals surface area contributed by atoms with Gasteiger partial charge >= 0.3 is 0 Å². The van der Waals surface area contributed by atoms with Gasteiger partial charge in [0, 0.05) is 36.3 Å². The van der Waals surface area contributed by atoms with Gasteiger partial charge in [0.25, 0.3) is 0 Å². The van der Waals surface area contributed by atoms with Gasteiger partial charge in [0.05, 0.1) is 0 Å². The van der Waals surface area contributed by atoms with Crippen LogP contribution in [0.3, 0.4) is 0 Å². The maximum absolute atomic E-state index is 3.64. The maximum atomic E-state index is 3.64. The van der Waals surface area contributed by atoms with Crippen LogP contribution in [-0.4, -0.2) is 42.9 Å². The highest BCUT2D eigenvalue weighted by Gasteiger charge is 2.26. The van der Waals surface area contributed by atoms with Crippen molar-refractivity contribution >= 4 is 11.8 Å². The zero-order chi connectivity index (χ0) is 13.6. The van der Waals surface area contributed by atoms with Gasteiger partial charge in [0.1, 0.15) is 0 Å². The van der Waals surface area contributed by atoms with Crippen LogP contribution in [0.2, 0.25) is 0 Å². The van der Waals surface area contributed by atoms with E-state index < -0.39 is 0 Å². The lowest BCUT2D eigenvalue weighted by molar-refractivity contribution is 0.253. The first-order valence-corrected chi connectivity index (χ1v) is 9.02. The molecule has 1 saturated heterocycles. The molecule has 3 heteroatoms. The molecule has 2 aliphatic rings. The minimum absolute atomic E-state index is 0.746. The molecule has 1 heterocycles. The van der Waals surface area contributed by atoms with Crippen molar-refractivity contribution in [2.24, 2.45) is 5.92 Å². The van der Waals surface area contributed by atoms with Gasteiger partial charge in [-0.05, 0) is 50.3 Å². The Hall–Kier alpha value is -0.510. The summed E-state index contributed by atoms with van der Waals surface area (Å²) in [5.41, 5.74) is 0. The smallest absolute Gasteiger partial charge is 0.0195 e. The normalized spacial score (nSPS) is 22.6. The zero-order valence-electron chi connectivity index (χ0n) is 12.3. The number of benzene rings is 1. The standard InChI is InChI=1S/C17H26N2S/c1-2-6-17(7-3-1)20-12-11-19(13-15-8-9-15)14-16-5-4-10-18-16/h1-3,6-7,15-16,18H,4-5,8-14H2. The fourth-order valence-corrected chi connectivity index (χ4v) is 3.89. The Morgan fingerprint density at radius 3 is 2.65 bits per heavy atom. The highest BCUT2D eigenvalue weighted by Crippen LogP contribution is 2.30. The van der Waals surface area contributed by atoms with Gasteiger partial charge in [-0.1, -0.05) is 18.2 Å². The average molecular weight is 290 g/mol. The van der Waals surface area contributed by atoms with E-state index in [2.05, 4.69) is 40.5 Å². The van der Waals surface area contributed by atoms with Crippen LogP contribution in [0.4, 0.5) is 0 Å². The van der Waals surface area contributed by atoms with Gasteiger partial charge in [0.2, 0.25) is 0 Å². The number of hydrogen-bond donors (Lipinski definition) is 1. The van der Waals surface area contributed by atoms with E-state index in [0.717, 1.165) is 12.0 Å². The van der Waals surface area contributed by atoms with Crippen LogP contribution in [0.1, 0.15) is 25.7 Å². The summed E-state index contributed by atoms with van der Waals surface area (Å²) in [6.45, 7) is 5.04. The summed E-state index contributed by atoms with van der Waals surface area (Å²) in [6.07, 6.45) is 5.65. The summed E-state index contributed by atoms with van der Waals surface area (Å²) in [6, 6.07) is 11.5. The molecule has 0 spiro atoms. The van der Waals surface area contributed by atoms with Crippen molar-refractivity contribution in [2.75, 3.05) is 31.9 Å². The zero-order valence-corrected chi connectivity index (χ0v) is 13.1. The van der Waals surface area contributed by atoms with E-state index >= 15 is 0 Å². The van der Waals surface area contributed by atoms with Crippen LogP contribution in [0.25, 0.3) is 0 Å². The van der Waals surface area contributed by atoms with Crippen LogP contribution in [0.15, 0.2) is 35.2 Å². The van der Waals surface area contributed by atoms with E-state index in [-0.39, 0.29) is 0 Å². The van der Waals surface area contributed by atoms with Crippen molar-refractivity contribution in [1.29, 1.82) is 0 Å². The molecular formula is C17H26N2S. The van der Waals surface area contributed by atoms with Crippen molar-refractivity contribution in [3.8, 4) is 0 Å². The molecule has 2 fully saturated rings. The summed E-state index contributed by atoms with van der Waals surface area (Å²) in [5, 5.41) is 3.64. The Kier molecular flexibility index (Phi) is 5.40. The lowest BCUT2D eigenvalue weighted by Crippen LogP contribution is -2.39. The lowest BCUT2D eigenvalue weighted by atomic mass is 10.2. The topological polar surface area (TPSA) is 15.3 Å². The predicted molar refractivity (Wildman–Crippen MR) is 87.4 cm³/mol. The van der Waals surface area contributed by atoms with Crippen molar-refractivity contribution in [1.82, 2.24) is 10.2 Å². The second-order valence-electron chi connectivity index (χ2n) is 6.16. The van der Waals surface area contributed by atoms with Gasteiger partial charge in [-0.2, -0.15) is 0 Å². The Morgan fingerprint density at radius 2 is 1.95 bits per heavy atom. The second kappa shape index (κ2) is 7.48. The van der Waals surface area contributed by atoms with Crippen LogP contribution in [0, 0.1) is 5.92 Å². The number of hydrogen-bond acceptors (Lipinski definition) is 3. The fraction of sp³-hybridized carbons (Fsp3) is 0.647. The fourth-order valence-electron chi connectivity index (χ4n) is 2.96. The minimum Gasteiger partial charge on any atom is -0.313 e.